The first-order valence-electron chi connectivity index (χ1n) is 6.58. The molecule has 1 aliphatic heterocycles. The Hall–Kier alpha value is -2.96. The first-order chi connectivity index (χ1) is 10.4. The van der Waals surface area contributed by atoms with Crippen LogP contribution in [0.25, 0.3) is 10.9 Å². The van der Waals surface area contributed by atoms with Crippen LogP contribution in [0.5, 0.6) is 0 Å². The number of hydrogen-bond acceptors (Lipinski definition) is 7. The number of nitrogens with one attached hydrogen (secondary N) is 1. The van der Waals surface area contributed by atoms with Gasteiger partial charge in [-0.2, -0.15) is 0 Å². The van der Waals surface area contributed by atoms with Crippen LogP contribution in [0.4, 0.5) is 5.69 Å². The maximum absolute atomic E-state index is 11.8. The fraction of sp³-hybridized carbons (Fsp3) is 0.200. The largest absolute Gasteiger partial charge is 0.419 e. The van der Waals surface area contributed by atoms with E-state index in [1.807, 2.05) is 0 Å². The first-order valence-corrected chi connectivity index (χ1v) is 6.58. The molecule has 1 aromatic heterocycles. The van der Waals surface area contributed by atoms with E-state index in [4.69, 9.17) is 9.47 Å². The summed E-state index contributed by atoms with van der Waals surface area (Å²) in [5, 5.41) is 3.71. The molecule has 0 spiro atoms. The second-order valence-electron chi connectivity index (χ2n) is 5.18. The molecule has 0 bridgehead atoms. The van der Waals surface area contributed by atoms with Crippen LogP contribution in [-0.2, 0) is 19.1 Å². The molecule has 2 aromatic rings. The van der Waals surface area contributed by atoms with Gasteiger partial charge in [0.05, 0.1) is 5.52 Å². The number of carbonyl (C=O) groups is 2. The van der Waals surface area contributed by atoms with Crippen LogP contribution in [0.15, 0.2) is 42.5 Å². The van der Waals surface area contributed by atoms with Crippen molar-refractivity contribution in [2.75, 3.05) is 5.32 Å². The lowest BCUT2D eigenvalue weighted by molar-refractivity contribution is -0.222. The van der Waals surface area contributed by atoms with E-state index in [0.717, 1.165) is 10.9 Å². The van der Waals surface area contributed by atoms with Gasteiger partial charge in [-0.05, 0) is 18.2 Å². The summed E-state index contributed by atoms with van der Waals surface area (Å²) >= 11 is 0. The number of cyclic esters (lactones) is 2. The second kappa shape index (κ2) is 5.10. The van der Waals surface area contributed by atoms with Gasteiger partial charge < -0.3 is 14.8 Å². The normalized spacial score (nSPS) is 16.9. The molecule has 7 heteroatoms. The van der Waals surface area contributed by atoms with Crippen molar-refractivity contribution in [1.82, 2.24) is 9.97 Å². The fourth-order valence-electron chi connectivity index (χ4n) is 2.01. The van der Waals surface area contributed by atoms with Crippen molar-refractivity contribution in [3.05, 3.63) is 42.5 Å². The SMILES string of the molecule is CC1(C)OC(=O)C(=CNc2ccc3ncncc3c2)C(=O)O1. The molecule has 3 rings (SSSR count). The first kappa shape index (κ1) is 14.0. The highest BCUT2D eigenvalue weighted by Gasteiger charge is 2.38. The molecular weight excluding hydrogens is 286 g/mol. The lowest BCUT2D eigenvalue weighted by Crippen LogP contribution is -2.42. The summed E-state index contributed by atoms with van der Waals surface area (Å²) in [5.41, 5.74) is 1.29. The zero-order valence-electron chi connectivity index (χ0n) is 12.0. The number of benzene rings is 1. The molecule has 1 fully saturated rings. The lowest BCUT2D eigenvalue weighted by Gasteiger charge is -2.29. The third-order valence-electron chi connectivity index (χ3n) is 3.00. The van der Waals surface area contributed by atoms with Crippen molar-refractivity contribution in [3.8, 4) is 0 Å². The Kier molecular flexibility index (Phi) is 3.25. The average Bonchev–Trinajstić information content (AvgIpc) is 2.45. The van der Waals surface area contributed by atoms with Gasteiger partial charge in [0.25, 0.3) is 5.79 Å². The molecule has 7 nitrogen and oxygen atoms in total. The third kappa shape index (κ3) is 2.73. The van der Waals surface area contributed by atoms with Gasteiger partial charge in [0.2, 0.25) is 0 Å². The van der Waals surface area contributed by atoms with E-state index in [0.29, 0.717) is 5.69 Å². The minimum Gasteiger partial charge on any atom is -0.419 e. The number of ether oxygens (including phenoxy) is 2. The van der Waals surface area contributed by atoms with Gasteiger partial charge in [-0.25, -0.2) is 19.6 Å². The van der Waals surface area contributed by atoms with E-state index >= 15 is 0 Å². The Morgan fingerprint density at radius 3 is 2.64 bits per heavy atom. The highest BCUT2D eigenvalue weighted by Crippen LogP contribution is 2.23. The third-order valence-corrected chi connectivity index (χ3v) is 3.00. The van der Waals surface area contributed by atoms with E-state index in [9.17, 15) is 9.59 Å². The fourth-order valence-corrected chi connectivity index (χ4v) is 2.01. The van der Waals surface area contributed by atoms with Crippen LogP contribution in [0.3, 0.4) is 0 Å². The zero-order chi connectivity index (χ0) is 15.7. The predicted octanol–water partition coefficient (Wildman–Crippen LogP) is 1.76. The Morgan fingerprint density at radius 2 is 1.91 bits per heavy atom. The van der Waals surface area contributed by atoms with E-state index < -0.39 is 17.7 Å². The highest BCUT2D eigenvalue weighted by molar-refractivity contribution is 6.15. The van der Waals surface area contributed by atoms with Crippen molar-refractivity contribution in [3.63, 3.8) is 0 Å². The van der Waals surface area contributed by atoms with Gasteiger partial charge in [0.1, 0.15) is 6.33 Å². The van der Waals surface area contributed by atoms with Crippen LogP contribution in [-0.4, -0.2) is 27.7 Å². The Balaban J connectivity index is 1.83. The maximum Gasteiger partial charge on any atom is 0.350 e. The van der Waals surface area contributed by atoms with Crippen LogP contribution < -0.4 is 5.32 Å². The number of carbonyl (C=O) groups excluding carboxylic acids is 2. The smallest absolute Gasteiger partial charge is 0.350 e. The predicted molar refractivity (Wildman–Crippen MR) is 77.5 cm³/mol. The molecule has 1 aromatic carbocycles. The number of rotatable bonds is 2. The number of hydrogen-bond donors (Lipinski definition) is 1. The van der Waals surface area contributed by atoms with Gasteiger partial charge >= 0.3 is 11.9 Å². The van der Waals surface area contributed by atoms with Crippen molar-refractivity contribution < 1.29 is 19.1 Å². The van der Waals surface area contributed by atoms with Crippen molar-refractivity contribution in [2.45, 2.75) is 19.6 Å². The number of anilines is 1. The summed E-state index contributed by atoms with van der Waals surface area (Å²) in [5.74, 6) is -2.69. The minimum atomic E-state index is -1.24. The molecule has 0 radical (unpaired) electrons. The zero-order valence-corrected chi connectivity index (χ0v) is 12.0. The average molecular weight is 299 g/mol. The van der Waals surface area contributed by atoms with Crippen molar-refractivity contribution >= 4 is 28.5 Å². The molecule has 1 N–H and O–H groups in total. The van der Waals surface area contributed by atoms with Crippen LogP contribution in [0, 0.1) is 0 Å². The molecule has 1 saturated heterocycles. The summed E-state index contributed by atoms with van der Waals surface area (Å²) in [7, 11) is 0. The molecule has 0 unspecified atom stereocenters. The van der Waals surface area contributed by atoms with Gasteiger partial charge in [-0.1, -0.05) is 0 Å². The standard InChI is InChI=1S/C15H13N3O4/c1-15(2)21-13(19)11(14(20)22-15)7-17-10-3-4-12-9(5-10)6-16-8-18-12/h3-8,17H,1-2H3. The molecule has 2 heterocycles. The molecule has 0 aliphatic carbocycles. The number of aromatic nitrogens is 2. The number of fused-ring (bicyclic) bond motifs is 1. The topological polar surface area (TPSA) is 90.4 Å². The maximum atomic E-state index is 11.8. The molecule has 0 saturated carbocycles. The van der Waals surface area contributed by atoms with Crippen LogP contribution >= 0.6 is 0 Å². The monoisotopic (exact) mass is 299 g/mol. The van der Waals surface area contributed by atoms with Crippen molar-refractivity contribution in [1.29, 1.82) is 0 Å². The number of esters is 2. The number of nitrogens with zero attached hydrogens (tertiary/aromatic N) is 2. The van der Waals surface area contributed by atoms with Gasteiger partial charge in [0.15, 0.2) is 5.57 Å². The molecule has 22 heavy (non-hydrogen) atoms. The summed E-state index contributed by atoms with van der Waals surface area (Å²) in [6.45, 7) is 2.99. The Labute approximate surface area is 126 Å². The Bertz CT molecular complexity index is 776. The van der Waals surface area contributed by atoms with E-state index in [1.54, 1.807) is 24.4 Å². The van der Waals surface area contributed by atoms with Crippen LogP contribution in [0.1, 0.15) is 13.8 Å². The molecule has 1 aliphatic rings. The molecule has 0 amide bonds. The van der Waals surface area contributed by atoms with E-state index in [-0.39, 0.29) is 5.57 Å². The Morgan fingerprint density at radius 1 is 1.18 bits per heavy atom. The van der Waals surface area contributed by atoms with Gasteiger partial charge in [0, 0.05) is 37.3 Å². The summed E-state index contributed by atoms with van der Waals surface area (Å²) < 4.78 is 10.0. The quantitative estimate of drug-likeness (QED) is 0.513. The van der Waals surface area contributed by atoms with Gasteiger partial charge in [-0.15, -0.1) is 0 Å². The van der Waals surface area contributed by atoms with E-state index in [2.05, 4.69) is 15.3 Å². The minimum absolute atomic E-state index is 0.191. The van der Waals surface area contributed by atoms with Crippen molar-refractivity contribution in [2.24, 2.45) is 0 Å². The molecular formula is C15H13N3O4. The summed E-state index contributed by atoms with van der Waals surface area (Å²) in [6.07, 6.45) is 4.41. The van der Waals surface area contributed by atoms with Gasteiger partial charge in [-0.3, -0.25) is 0 Å². The summed E-state index contributed by atoms with van der Waals surface area (Å²) in [4.78, 5) is 31.7. The second-order valence-corrected chi connectivity index (χ2v) is 5.18. The van der Waals surface area contributed by atoms with Crippen LogP contribution in [0.2, 0.25) is 0 Å². The highest BCUT2D eigenvalue weighted by atomic mass is 16.7. The van der Waals surface area contributed by atoms with E-state index in [1.165, 1.54) is 26.4 Å². The molecule has 0 atom stereocenters. The summed E-state index contributed by atoms with van der Waals surface area (Å²) in [6, 6.07) is 5.38. The lowest BCUT2D eigenvalue weighted by atomic mass is 10.2. The molecule has 112 valence electrons.